The normalized spacial score (nSPS) is 21.2. The van der Waals surface area contributed by atoms with Crippen molar-refractivity contribution in [1.82, 2.24) is 25.9 Å². The summed E-state index contributed by atoms with van der Waals surface area (Å²) in [6, 6.07) is 5.89. The summed E-state index contributed by atoms with van der Waals surface area (Å²) in [6.07, 6.45) is 8.11. The maximum Gasteiger partial charge on any atom is 0.262 e. The van der Waals surface area contributed by atoms with Crippen molar-refractivity contribution < 1.29 is 17.9 Å². The highest BCUT2D eigenvalue weighted by atomic mass is 35.5. The number of nitrogens with one attached hydrogen (secondary N) is 4. The van der Waals surface area contributed by atoms with Gasteiger partial charge in [0.05, 0.1) is 45.2 Å². The number of halogens is 4. The second-order valence-electron chi connectivity index (χ2n) is 11.5. The van der Waals surface area contributed by atoms with E-state index in [9.17, 15) is 13.2 Å². The van der Waals surface area contributed by atoms with Crippen LogP contribution in [-0.4, -0.2) is 45.2 Å². The number of aryl methyl sites for hydroxylation is 1. The first kappa shape index (κ1) is 28.4. The van der Waals surface area contributed by atoms with E-state index >= 15 is 0 Å². The van der Waals surface area contributed by atoms with Crippen LogP contribution in [0.5, 0.6) is 0 Å². The molecule has 2 aromatic heterocycles. The molecule has 3 aromatic rings. The van der Waals surface area contributed by atoms with Crippen molar-refractivity contribution in [2.75, 3.05) is 17.2 Å². The smallest absolute Gasteiger partial charge is 0.262 e. The van der Waals surface area contributed by atoms with Crippen molar-refractivity contribution in [3.63, 3.8) is 0 Å². The number of hydrogen-bond acceptors (Lipinski definition) is 8. The van der Waals surface area contributed by atoms with Crippen molar-refractivity contribution in [3.05, 3.63) is 70.2 Å². The van der Waals surface area contributed by atoms with Gasteiger partial charge in [-0.05, 0) is 58.2 Å². The van der Waals surface area contributed by atoms with E-state index in [0.717, 1.165) is 6.42 Å². The van der Waals surface area contributed by atoms with Crippen LogP contribution in [0.1, 0.15) is 56.0 Å². The number of fused-ring (bicyclic) bond motifs is 1. The van der Waals surface area contributed by atoms with Crippen molar-refractivity contribution in [3.8, 4) is 12.3 Å². The first-order valence-electron chi connectivity index (χ1n) is 13.7. The SMILES string of the molecule is C#Cc1cnc2c(Cl)cc(N[C@H](C3=CN(C4(C(F)F)CC4)NN3)c3ccc(F)nc3C)cc2c1NC1CCOC1(C)C. The standard InChI is InChI=1S/C30H31ClF3N7O/c1-5-17-14-35-26-20(25(17)38-23-8-11-42-29(23,3)4)12-18(13-21(26)31)37-27(19-6-7-24(32)36-16(19)2)22-15-41(40-39-22)30(9-10-30)28(33)34/h1,6-7,12-15,23,27-28,37,39-40H,8-11H2,2-4H3,(H,35,38)/t23?,27-/m0/s1. The summed E-state index contributed by atoms with van der Waals surface area (Å²) >= 11 is 6.77. The lowest BCUT2D eigenvalue weighted by Crippen LogP contribution is -2.48. The molecule has 1 aliphatic carbocycles. The van der Waals surface area contributed by atoms with Gasteiger partial charge in [-0.25, -0.2) is 13.8 Å². The van der Waals surface area contributed by atoms with Crippen LogP contribution < -0.4 is 21.6 Å². The van der Waals surface area contributed by atoms with Gasteiger partial charge in [-0.1, -0.05) is 23.6 Å². The fourth-order valence-corrected chi connectivity index (χ4v) is 5.93. The summed E-state index contributed by atoms with van der Waals surface area (Å²) in [5, 5.41) is 9.56. The molecule has 1 saturated heterocycles. The molecule has 220 valence electrons. The van der Waals surface area contributed by atoms with Gasteiger partial charge in [0, 0.05) is 41.3 Å². The zero-order valence-electron chi connectivity index (χ0n) is 23.4. The van der Waals surface area contributed by atoms with Crippen LogP contribution in [-0.2, 0) is 4.74 Å². The lowest BCUT2D eigenvalue weighted by molar-refractivity contribution is 0.00911. The molecule has 3 aliphatic rings. The molecular weight excluding hydrogens is 567 g/mol. The number of nitrogens with zero attached hydrogens (tertiary/aromatic N) is 3. The van der Waals surface area contributed by atoms with Crippen LogP contribution in [0.4, 0.5) is 24.5 Å². The molecule has 4 heterocycles. The topological polar surface area (TPSA) is 86.4 Å². The fraction of sp³-hybridized carbons (Fsp3) is 0.400. The molecule has 0 spiro atoms. The molecule has 2 aliphatic heterocycles. The monoisotopic (exact) mass is 597 g/mol. The third kappa shape index (κ3) is 4.97. The fourth-order valence-electron chi connectivity index (χ4n) is 5.66. The third-order valence-electron chi connectivity index (χ3n) is 8.38. The van der Waals surface area contributed by atoms with Gasteiger partial charge in [0.1, 0.15) is 5.54 Å². The highest BCUT2D eigenvalue weighted by Gasteiger charge is 2.56. The minimum Gasteiger partial charge on any atom is -0.378 e. The van der Waals surface area contributed by atoms with Gasteiger partial charge < -0.3 is 20.8 Å². The molecule has 4 N–H and O–H groups in total. The molecular formula is C30H31ClF3N7O. The first-order valence-corrected chi connectivity index (χ1v) is 14.1. The van der Waals surface area contributed by atoms with Gasteiger partial charge in [-0.2, -0.15) is 4.39 Å². The number of rotatable bonds is 8. The Hall–Kier alpha value is -3.72. The number of terminal acetylenes is 1. The molecule has 0 bridgehead atoms. The van der Waals surface area contributed by atoms with Crippen molar-refractivity contribution in [2.45, 2.75) is 69.7 Å². The molecule has 42 heavy (non-hydrogen) atoms. The second kappa shape index (κ2) is 10.5. The summed E-state index contributed by atoms with van der Waals surface area (Å²) in [4.78, 5) is 8.52. The lowest BCUT2D eigenvalue weighted by atomic mass is 9.97. The molecule has 8 nitrogen and oxygen atoms in total. The average Bonchev–Trinajstić information content (AvgIpc) is 3.49. The average molecular weight is 598 g/mol. The van der Waals surface area contributed by atoms with Gasteiger partial charge in [-0.3, -0.25) is 9.99 Å². The summed E-state index contributed by atoms with van der Waals surface area (Å²) in [7, 11) is 0. The number of hydrogen-bond donors (Lipinski definition) is 4. The minimum atomic E-state index is -2.53. The predicted molar refractivity (Wildman–Crippen MR) is 156 cm³/mol. The third-order valence-corrected chi connectivity index (χ3v) is 8.67. The summed E-state index contributed by atoms with van der Waals surface area (Å²) in [5.74, 6) is 2.10. The number of anilines is 2. The van der Waals surface area contributed by atoms with Crippen LogP contribution in [0, 0.1) is 25.2 Å². The van der Waals surface area contributed by atoms with Crippen LogP contribution in [0.15, 0.2) is 42.4 Å². The van der Waals surface area contributed by atoms with Gasteiger partial charge in [-0.15, -0.1) is 12.0 Å². The van der Waals surface area contributed by atoms with Gasteiger partial charge in [0.15, 0.2) is 0 Å². The zero-order valence-corrected chi connectivity index (χ0v) is 24.1. The number of alkyl halides is 2. The van der Waals surface area contributed by atoms with E-state index in [0.29, 0.717) is 69.3 Å². The van der Waals surface area contributed by atoms with E-state index in [1.807, 2.05) is 19.9 Å². The number of hydrazine groups is 2. The Morgan fingerprint density at radius 1 is 1.26 bits per heavy atom. The van der Waals surface area contributed by atoms with Gasteiger partial charge in [0.2, 0.25) is 5.95 Å². The Labute approximate surface area is 247 Å². The largest absolute Gasteiger partial charge is 0.378 e. The van der Waals surface area contributed by atoms with E-state index in [1.54, 1.807) is 31.5 Å². The van der Waals surface area contributed by atoms with E-state index in [-0.39, 0.29) is 6.04 Å². The second-order valence-corrected chi connectivity index (χ2v) is 11.9. The summed E-state index contributed by atoms with van der Waals surface area (Å²) in [6.45, 7) is 6.37. The minimum absolute atomic E-state index is 0.000704. The Balaban J connectivity index is 1.42. The Kier molecular flexibility index (Phi) is 7.12. The molecule has 2 atom stereocenters. The molecule has 2 fully saturated rings. The summed E-state index contributed by atoms with van der Waals surface area (Å²) in [5.41, 5.74) is 8.33. The number of pyridine rings is 2. The van der Waals surface area contributed by atoms with Gasteiger partial charge >= 0.3 is 0 Å². The Bertz CT molecular complexity index is 1620. The number of ether oxygens (including phenoxy) is 1. The van der Waals surface area contributed by atoms with Crippen LogP contribution in [0.2, 0.25) is 5.02 Å². The highest BCUT2D eigenvalue weighted by Crippen LogP contribution is 2.47. The maximum atomic E-state index is 14.0. The number of aromatic nitrogens is 2. The zero-order chi connectivity index (χ0) is 29.8. The molecule has 0 amide bonds. The van der Waals surface area contributed by atoms with E-state index in [4.69, 9.17) is 22.8 Å². The number of benzene rings is 1. The highest BCUT2D eigenvalue weighted by molar-refractivity contribution is 6.35. The Morgan fingerprint density at radius 2 is 2.05 bits per heavy atom. The van der Waals surface area contributed by atoms with Crippen LogP contribution >= 0.6 is 11.6 Å². The Morgan fingerprint density at radius 3 is 2.69 bits per heavy atom. The molecule has 6 rings (SSSR count). The quantitative estimate of drug-likeness (QED) is 0.191. The van der Waals surface area contributed by atoms with E-state index in [1.165, 1.54) is 11.1 Å². The summed E-state index contributed by atoms with van der Waals surface area (Å²) < 4.78 is 47.6. The van der Waals surface area contributed by atoms with Crippen molar-refractivity contribution in [1.29, 1.82) is 0 Å². The lowest BCUT2D eigenvalue weighted by Gasteiger charge is -2.28. The van der Waals surface area contributed by atoms with Crippen molar-refractivity contribution in [2.24, 2.45) is 0 Å². The molecule has 1 aromatic carbocycles. The van der Waals surface area contributed by atoms with E-state index < -0.39 is 29.6 Å². The molecule has 1 saturated carbocycles. The van der Waals surface area contributed by atoms with Gasteiger partial charge in [0.25, 0.3) is 6.43 Å². The molecule has 0 radical (unpaired) electrons. The van der Waals surface area contributed by atoms with Crippen molar-refractivity contribution >= 4 is 33.9 Å². The molecule has 1 unspecified atom stereocenters. The maximum absolute atomic E-state index is 14.0. The predicted octanol–water partition coefficient (Wildman–Crippen LogP) is 5.81. The van der Waals surface area contributed by atoms with Crippen LogP contribution in [0.25, 0.3) is 10.9 Å². The molecule has 12 heteroatoms. The first-order chi connectivity index (χ1) is 20.0. The van der Waals surface area contributed by atoms with E-state index in [2.05, 4.69) is 37.5 Å². The van der Waals surface area contributed by atoms with Crippen LogP contribution in [0.3, 0.4) is 0 Å².